The van der Waals surface area contributed by atoms with E-state index in [2.05, 4.69) is 15.1 Å². The fourth-order valence-electron chi connectivity index (χ4n) is 3.40. The maximum Gasteiger partial charge on any atom is 0.260 e. The Morgan fingerprint density at radius 1 is 1.12 bits per heavy atom. The molecule has 0 bridgehead atoms. The number of hydrogen-bond acceptors (Lipinski definition) is 5. The van der Waals surface area contributed by atoms with Crippen LogP contribution in [0.15, 0.2) is 65.8 Å². The molecule has 3 aromatic rings. The van der Waals surface area contributed by atoms with E-state index in [9.17, 15) is 13.2 Å². The second-order valence-corrected chi connectivity index (χ2v) is 9.17. The minimum absolute atomic E-state index is 0.331. The monoisotopic (exact) mass is 454 g/mol. The zero-order valence-corrected chi connectivity index (χ0v) is 19.3. The molecule has 0 spiro atoms. The molecule has 1 heterocycles. The Balaban J connectivity index is 1.73. The summed E-state index contributed by atoms with van der Waals surface area (Å²) in [7, 11) is -2.21. The summed E-state index contributed by atoms with van der Waals surface area (Å²) in [6.45, 7) is 3.55. The minimum atomic E-state index is -3.69. The number of hydrogen-bond donors (Lipinski definition) is 1. The Morgan fingerprint density at radius 3 is 2.50 bits per heavy atom. The number of anilines is 1. The number of para-hydroxylation sites is 1. The first kappa shape index (κ1) is 23.1. The molecule has 0 aliphatic carbocycles. The maximum atomic E-state index is 12.4. The van der Waals surface area contributed by atoms with E-state index in [0.29, 0.717) is 11.4 Å². The molecule has 2 aromatic carbocycles. The molecule has 32 heavy (non-hydrogen) atoms. The van der Waals surface area contributed by atoms with Crippen LogP contribution < -0.4 is 14.5 Å². The molecule has 0 atom stereocenters. The highest BCUT2D eigenvalue weighted by Crippen LogP contribution is 2.23. The van der Waals surface area contributed by atoms with E-state index < -0.39 is 22.5 Å². The van der Waals surface area contributed by atoms with Gasteiger partial charge >= 0.3 is 0 Å². The highest BCUT2D eigenvalue weighted by atomic mass is 32.2. The molecule has 168 valence electrons. The first-order chi connectivity index (χ1) is 15.2. The van der Waals surface area contributed by atoms with Gasteiger partial charge in [-0.15, -0.1) is 0 Å². The van der Waals surface area contributed by atoms with Crippen LogP contribution in [0.5, 0.6) is 5.75 Å². The summed E-state index contributed by atoms with van der Waals surface area (Å²) in [5.74, 6) is -0.0743. The molecule has 0 saturated heterocycles. The van der Waals surface area contributed by atoms with E-state index in [-0.39, 0.29) is 0 Å². The molecule has 1 amide bonds. The van der Waals surface area contributed by atoms with E-state index in [0.717, 1.165) is 33.2 Å². The average molecular weight is 455 g/mol. The molecular formula is C23H26N4O4S. The molecule has 0 aliphatic rings. The SMILES string of the molecule is COc1cccc(N(CC(=O)N/N=C/c2cc(C)n(-c3ccccc3)c2C)S(C)(=O)=O)c1. The number of carbonyl (C=O) groups is 1. The zero-order valence-electron chi connectivity index (χ0n) is 18.4. The first-order valence-electron chi connectivity index (χ1n) is 9.88. The topological polar surface area (TPSA) is 93.0 Å². The van der Waals surface area contributed by atoms with Crippen molar-refractivity contribution in [3.05, 3.63) is 77.6 Å². The number of nitrogens with one attached hydrogen (secondary N) is 1. The molecule has 1 aromatic heterocycles. The lowest BCUT2D eigenvalue weighted by Crippen LogP contribution is -2.39. The number of methoxy groups -OCH3 is 1. The van der Waals surface area contributed by atoms with Gasteiger partial charge < -0.3 is 9.30 Å². The summed E-state index contributed by atoms with van der Waals surface area (Å²) in [6.07, 6.45) is 2.59. The normalized spacial score (nSPS) is 11.5. The third-order valence-corrected chi connectivity index (χ3v) is 6.05. The lowest BCUT2D eigenvalue weighted by Gasteiger charge is -2.21. The molecule has 3 rings (SSSR count). The Hall–Kier alpha value is -3.59. The fraction of sp³-hybridized carbons (Fsp3) is 0.217. The van der Waals surface area contributed by atoms with Crippen LogP contribution in [0.1, 0.15) is 17.0 Å². The van der Waals surface area contributed by atoms with Crippen LogP contribution in [-0.4, -0.2) is 45.0 Å². The van der Waals surface area contributed by atoms with Crippen molar-refractivity contribution in [1.29, 1.82) is 0 Å². The fourth-order valence-corrected chi connectivity index (χ4v) is 4.25. The number of aromatic nitrogens is 1. The summed E-state index contributed by atoms with van der Waals surface area (Å²) in [5, 5.41) is 4.03. The molecular weight excluding hydrogens is 428 g/mol. The quantitative estimate of drug-likeness (QED) is 0.418. The predicted octanol–water partition coefficient (Wildman–Crippen LogP) is 3.02. The number of carbonyl (C=O) groups excluding carboxylic acids is 1. The van der Waals surface area contributed by atoms with E-state index in [1.807, 2.05) is 50.2 Å². The number of amides is 1. The van der Waals surface area contributed by atoms with Gasteiger partial charge in [0.1, 0.15) is 12.3 Å². The number of sulfonamides is 1. The van der Waals surface area contributed by atoms with Gasteiger partial charge in [0.25, 0.3) is 5.91 Å². The van der Waals surface area contributed by atoms with Crippen molar-refractivity contribution < 1.29 is 17.9 Å². The van der Waals surface area contributed by atoms with Crippen LogP contribution in [0.25, 0.3) is 5.69 Å². The van der Waals surface area contributed by atoms with Crippen molar-refractivity contribution in [3.63, 3.8) is 0 Å². The molecule has 0 unspecified atom stereocenters. The number of hydrazone groups is 1. The van der Waals surface area contributed by atoms with E-state index in [1.165, 1.54) is 7.11 Å². The van der Waals surface area contributed by atoms with Gasteiger partial charge in [0.15, 0.2) is 0 Å². The van der Waals surface area contributed by atoms with Gasteiger partial charge in [-0.3, -0.25) is 9.10 Å². The third-order valence-electron chi connectivity index (χ3n) is 4.91. The Labute approximate surface area is 188 Å². The van der Waals surface area contributed by atoms with Gasteiger partial charge in [-0.05, 0) is 44.2 Å². The largest absolute Gasteiger partial charge is 0.497 e. The zero-order chi connectivity index (χ0) is 23.3. The second-order valence-electron chi connectivity index (χ2n) is 7.26. The van der Waals surface area contributed by atoms with Crippen molar-refractivity contribution in [2.75, 3.05) is 24.2 Å². The van der Waals surface area contributed by atoms with Crippen LogP contribution in [0.3, 0.4) is 0 Å². The standard InChI is InChI=1S/C23H26N4O4S/c1-17-13-19(18(2)27(17)20-9-6-5-7-10-20)15-24-25-23(28)16-26(32(4,29)30)21-11-8-12-22(14-21)31-3/h5-15H,16H2,1-4H3,(H,25,28)/b24-15+. The first-order valence-corrected chi connectivity index (χ1v) is 11.7. The van der Waals surface area contributed by atoms with Gasteiger partial charge in [-0.2, -0.15) is 5.10 Å². The van der Waals surface area contributed by atoms with Gasteiger partial charge in [-0.25, -0.2) is 13.8 Å². The van der Waals surface area contributed by atoms with Gasteiger partial charge in [0.05, 0.1) is 25.3 Å². The molecule has 0 saturated carbocycles. The summed E-state index contributed by atoms with van der Waals surface area (Å²) in [6, 6.07) is 18.4. The number of nitrogens with zero attached hydrogens (tertiary/aromatic N) is 3. The van der Waals surface area contributed by atoms with Crippen molar-refractivity contribution in [2.24, 2.45) is 5.10 Å². The summed E-state index contributed by atoms with van der Waals surface area (Å²) >= 11 is 0. The predicted molar refractivity (Wildman–Crippen MR) is 126 cm³/mol. The van der Waals surface area contributed by atoms with Crippen LogP contribution in [0.2, 0.25) is 0 Å². The van der Waals surface area contributed by atoms with Crippen LogP contribution in [0, 0.1) is 13.8 Å². The molecule has 1 N–H and O–H groups in total. The lowest BCUT2D eigenvalue weighted by atomic mass is 10.2. The summed E-state index contributed by atoms with van der Waals surface area (Å²) in [4.78, 5) is 12.4. The Morgan fingerprint density at radius 2 is 1.84 bits per heavy atom. The highest BCUT2D eigenvalue weighted by Gasteiger charge is 2.21. The summed E-state index contributed by atoms with van der Waals surface area (Å²) < 4.78 is 32.7. The van der Waals surface area contributed by atoms with E-state index in [4.69, 9.17) is 4.74 Å². The lowest BCUT2D eigenvalue weighted by molar-refractivity contribution is -0.119. The van der Waals surface area contributed by atoms with Crippen LogP contribution >= 0.6 is 0 Å². The second kappa shape index (κ2) is 9.69. The minimum Gasteiger partial charge on any atom is -0.497 e. The van der Waals surface area contributed by atoms with Gasteiger partial charge in [-0.1, -0.05) is 24.3 Å². The number of rotatable bonds is 8. The third kappa shape index (κ3) is 5.36. The van der Waals surface area contributed by atoms with Crippen LogP contribution in [-0.2, 0) is 14.8 Å². The van der Waals surface area contributed by atoms with Gasteiger partial charge in [0.2, 0.25) is 10.0 Å². The van der Waals surface area contributed by atoms with Gasteiger partial charge in [0, 0.05) is 28.7 Å². The van der Waals surface area contributed by atoms with Crippen molar-refractivity contribution >= 4 is 27.8 Å². The molecule has 0 aliphatic heterocycles. The molecule has 9 heteroatoms. The number of benzene rings is 2. The van der Waals surface area contributed by atoms with E-state index in [1.54, 1.807) is 30.5 Å². The van der Waals surface area contributed by atoms with E-state index >= 15 is 0 Å². The Kier molecular flexibility index (Phi) is 6.99. The van der Waals surface area contributed by atoms with Crippen molar-refractivity contribution in [2.45, 2.75) is 13.8 Å². The number of ether oxygens (including phenoxy) is 1. The molecule has 0 fully saturated rings. The summed E-state index contributed by atoms with van der Waals surface area (Å²) in [5.41, 5.74) is 6.63. The smallest absolute Gasteiger partial charge is 0.260 e. The van der Waals surface area contributed by atoms with Crippen molar-refractivity contribution in [3.8, 4) is 11.4 Å². The number of aryl methyl sites for hydroxylation is 1. The maximum absolute atomic E-state index is 12.4. The Bertz CT molecular complexity index is 1230. The van der Waals surface area contributed by atoms with Crippen molar-refractivity contribution in [1.82, 2.24) is 9.99 Å². The molecule has 0 radical (unpaired) electrons. The van der Waals surface area contributed by atoms with Crippen LogP contribution in [0.4, 0.5) is 5.69 Å². The molecule has 8 nitrogen and oxygen atoms in total. The highest BCUT2D eigenvalue weighted by molar-refractivity contribution is 7.92. The average Bonchev–Trinajstić information content (AvgIpc) is 3.05.